The average Bonchev–Trinajstić information content (AvgIpc) is 2.42. The Morgan fingerprint density at radius 3 is 2.55 bits per heavy atom. The van der Waals surface area contributed by atoms with Gasteiger partial charge in [-0.3, -0.25) is 4.79 Å². The van der Waals surface area contributed by atoms with Gasteiger partial charge < -0.3 is 15.8 Å². The molecule has 0 bridgehead atoms. The van der Waals surface area contributed by atoms with Crippen LogP contribution < -0.4 is 15.8 Å². The van der Waals surface area contributed by atoms with Crippen molar-refractivity contribution in [1.29, 1.82) is 0 Å². The lowest BCUT2D eigenvalue weighted by Gasteiger charge is -2.13. The van der Waals surface area contributed by atoms with Crippen molar-refractivity contribution < 1.29 is 13.9 Å². The van der Waals surface area contributed by atoms with Crippen molar-refractivity contribution in [1.82, 2.24) is 0 Å². The van der Waals surface area contributed by atoms with Crippen LogP contribution in [0, 0.1) is 5.82 Å². The minimum Gasteiger partial charge on any atom is -0.494 e. The summed E-state index contributed by atoms with van der Waals surface area (Å²) in [6, 6.07) is 8.52. The molecule has 0 saturated carbocycles. The van der Waals surface area contributed by atoms with Gasteiger partial charge in [-0.25, -0.2) is 4.39 Å². The minimum atomic E-state index is -0.396. The molecule has 0 aliphatic carbocycles. The first-order valence-electron chi connectivity index (χ1n) is 5.71. The smallest absolute Gasteiger partial charge is 0.255 e. The van der Waals surface area contributed by atoms with Gasteiger partial charge in [0.25, 0.3) is 5.91 Å². The zero-order valence-electron chi connectivity index (χ0n) is 10.6. The molecule has 6 heteroatoms. The van der Waals surface area contributed by atoms with E-state index in [0.717, 1.165) is 0 Å². The molecule has 0 spiro atoms. The number of halogens is 2. The third-order valence-electron chi connectivity index (χ3n) is 2.64. The van der Waals surface area contributed by atoms with Gasteiger partial charge in [-0.2, -0.15) is 0 Å². The Hall–Kier alpha value is -2.08. The Bertz CT molecular complexity index is 644. The van der Waals surface area contributed by atoms with Gasteiger partial charge in [0.1, 0.15) is 11.6 Å². The topological polar surface area (TPSA) is 64.3 Å². The molecular formula is C14H12BrFN2O2. The zero-order valence-corrected chi connectivity index (χ0v) is 12.2. The molecule has 0 unspecified atom stereocenters. The maximum absolute atomic E-state index is 12.8. The van der Waals surface area contributed by atoms with Crippen LogP contribution >= 0.6 is 15.9 Å². The number of benzene rings is 2. The van der Waals surface area contributed by atoms with E-state index in [1.165, 1.54) is 31.4 Å². The summed E-state index contributed by atoms with van der Waals surface area (Å²) in [5, 5.41) is 2.70. The summed E-state index contributed by atoms with van der Waals surface area (Å²) >= 11 is 3.32. The molecule has 2 aromatic rings. The average molecular weight is 339 g/mol. The van der Waals surface area contributed by atoms with Crippen LogP contribution in [0.15, 0.2) is 40.9 Å². The predicted molar refractivity (Wildman–Crippen MR) is 79.5 cm³/mol. The first-order valence-corrected chi connectivity index (χ1v) is 6.50. The van der Waals surface area contributed by atoms with E-state index in [0.29, 0.717) is 27.2 Å². The summed E-state index contributed by atoms with van der Waals surface area (Å²) in [6.45, 7) is 0. The van der Waals surface area contributed by atoms with Gasteiger partial charge in [0.15, 0.2) is 0 Å². The van der Waals surface area contributed by atoms with E-state index in [9.17, 15) is 9.18 Å². The summed E-state index contributed by atoms with van der Waals surface area (Å²) in [4.78, 5) is 12.1. The quantitative estimate of drug-likeness (QED) is 0.842. The molecule has 0 aromatic heterocycles. The Kier molecular flexibility index (Phi) is 4.24. The van der Waals surface area contributed by atoms with Gasteiger partial charge in [0.2, 0.25) is 0 Å². The summed E-state index contributed by atoms with van der Waals surface area (Å²) in [5.74, 6) is -0.325. The van der Waals surface area contributed by atoms with Gasteiger partial charge in [-0.05, 0) is 46.3 Å². The summed E-state index contributed by atoms with van der Waals surface area (Å²) in [5.41, 5.74) is 7.02. The number of amides is 1. The molecule has 0 heterocycles. The molecule has 3 N–H and O–H groups in total. The lowest BCUT2D eigenvalue weighted by Crippen LogP contribution is -2.13. The van der Waals surface area contributed by atoms with E-state index in [2.05, 4.69) is 21.2 Å². The highest BCUT2D eigenvalue weighted by molar-refractivity contribution is 9.10. The standard InChI is InChI=1S/C14H12BrFN2O2/c1-20-12-7-10(17)6-11(15)13(12)18-14(19)8-2-4-9(16)5-3-8/h2-7H,17H2,1H3,(H,18,19). The predicted octanol–water partition coefficient (Wildman–Crippen LogP) is 3.43. The van der Waals surface area contributed by atoms with E-state index >= 15 is 0 Å². The molecule has 104 valence electrons. The van der Waals surface area contributed by atoms with Crippen molar-refractivity contribution in [2.75, 3.05) is 18.2 Å². The maximum atomic E-state index is 12.8. The van der Waals surface area contributed by atoms with Gasteiger partial charge in [0.05, 0.1) is 12.8 Å². The molecule has 2 rings (SSSR count). The Morgan fingerprint density at radius 1 is 1.30 bits per heavy atom. The molecule has 0 aliphatic heterocycles. The summed E-state index contributed by atoms with van der Waals surface area (Å²) in [6.07, 6.45) is 0. The molecule has 0 atom stereocenters. The number of methoxy groups -OCH3 is 1. The zero-order chi connectivity index (χ0) is 14.7. The SMILES string of the molecule is COc1cc(N)cc(Br)c1NC(=O)c1ccc(F)cc1. The molecule has 0 saturated heterocycles. The molecule has 0 radical (unpaired) electrons. The number of carbonyl (C=O) groups excluding carboxylic acids is 1. The van der Waals surface area contributed by atoms with Crippen LogP contribution in [0.2, 0.25) is 0 Å². The van der Waals surface area contributed by atoms with Crippen molar-refractivity contribution in [2.24, 2.45) is 0 Å². The van der Waals surface area contributed by atoms with Gasteiger partial charge >= 0.3 is 0 Å². The number of rotatable bonds is 3. The third-order valence-corrected chi connectivity index (χ3v) is 3.27. The number of hydrogen-bond acceptors (Lipinski definition) is 3. The monoisotopic (exact) mass is 338 g/mol. The number of nitrogens with two attached hydrogens (primary N) is 1. The number of nitrogens with one attached hydrogen (secondary N) is 1. The molecule has 4 nitrogen and oxygen atoms in total. The van der Waals surface area contributed by atoms with Crippen LogP contribution in [0.5, 0.6) is 5.75 Å². The van der Waals surface area contributed by atoms with E-state index in [1.807, 2.05) is 0 Å². The maximum Gasteiger partial charge on any atom is 0.255 e. The van der Waals surface area contributed by atoms with Crippen LogP contribution in [-0.2, 0) is 0 Å². The lowest BCUT2D eigenvalue weighted by molar-refractivity contribution is 0.102. The number of hydrogen-bond donors (Lipinski definition) is 2. The summed E-state index contributed by atoms with van der Waals surface area (Å²) in [7, 11) is 1.48. The van der Waals surface area contributed by atoms with Gasteiger partial charge in [-0.15, -0.1) is 0 Å². The van der Waals surface area contributed by atoms with Crippen LogP contribution in [0.3, 0.4) is 0 Å². The van der Waals surface area contributed by atoms with Crippen LogP contribution in [-0.4, -0.2) is 13.0 Å². The van der Waals surface area contributed by atoms with Crippen LogP contribution in [0.1, 0.15) is 10.4 Å². The van der Waals surface area contributed by atoms with E-state index in [1.54, 1.807) is 12.1 Å². The number of carbonyl (C=O) groups is 1. The fourth-order valence-electron chi connectivity index (χ4n) is 1.67. The number of nitrogen functional groups attached to an aromatic ring is 1. The minimum absolute atomic E-state index is 0.345. The normalized spacial score (nSPS) is 10.2. The second-order valence-corrected chi connectivity index (χ2v) is 4.90. The first kappa shape index (κ1) is 14.3. The fraction of sp³-hybridized carbons (Fsp3) is 0.0714. The van der Waals surface area contributed by atoms with Crippen molar-refractivity contribution in [3.63, 3.8) is 0 Å². The second kappa shape index (κ2) is 5.92. The van der Waals surface area contributed by atoms with E-state index < -0.39 is 5.82 Å². The molecule has 2 aromatic carbocycles. The van der Waals surface area contributed by atoms with Gasteiger partial charge in [0, 0.05) is 21.8 Å². The van der Waals surface area contributed by atoms with Crippen LogP contribution in [0.25, 0.3) is 0 Å². The Morgan fingerprint density at radius 2 is 1.95 bits per heavy atom. The largest absolute Gasteiger partial charge is 0.494 e. The molecule has 0 fully saturated rings. The second-order valence-electron chi connectivity index (χ2n) is 4.04. The van der Waals surface area contributed by atoms with Gasteiger partial charge in [-0.1, -0.05) is 0 Å². The highest BCUT2D eigenvalue weighted by atomic mass is 79.9. The molecular weight excluding hydrogens is 327 g/mol. The molecule has 1 amide bonds. The van der Waals surface area contributed by atoms with Crippen LogP contribution in [0.4, 0.5) is 15.8 Å². The van der Waals surface area contributed by atoms with E-state index in [4.69, 9.17) is 10.5 Å². The molecule has 0 aliphatic rings. The highest BCUT2D eigenvalue weighted by Gasteiger charge is 2.13. The fourth-order valence-corrected chi connectivity index (χ4v) is 2.23. The van der Waals surface area contributed by atoms with Crippen molar-refractivity contribution in [3.05, 3.63) is 52.3 Å². The highest BCUT2D eigenvalue weighted by Crippen LogP contribution is 2.35. The van der Waals surface area contributed by atoms with E-state index in [-0.39, 0.29) is 5.91 Å². The number of ether oxygens (including phenoxy) is 1. The van der Waals surface area contributed by atoms with Crippen molar-refractivity contribution in [2.45, 2.75) is 0 Å². The number of anilines is 2. The lowest BCUT2D eigenvalue weighted by atomic mass is 10.2. The first-order chi connectivity index (χ1) is 9.51. The Balaban J connectivity index is 2.30. The van der Waals surface area contributed by atoms with Crippen molar-refractivity contribution >= 4 is 33.2 Å². The molecule has 20 heavy (non-hydrogen) atoms. The Labute approximate surface area is 123 Å². The summed E-state index contributed by atoms with van der Waals surface area (Å²) < 4.78 is 18.6. The van der Waals surface area contributed by atoms with Crippen molar-refractivity contribution in [3.8, 4) is 5.75 Å². The third kappa shape index (κ3) is 3.08.